The van der Waals surface area contributed by atoms with Gasteiger partial charge in [-0.3, -0.25) is 4.99 Å². The second-order valence-electron chi connectivity index (χ2n) is 6.39. The molecule has 1 atom stereocenters. The molecule has 1 aromatic rings. The minimum absolute atomic E-state index is 0.0295. The van der Waals surface area contributed by atoms with Crippen molar-refractivity contribution in [1.82, 2.24) is 5.32 Å². The molecule has 0 radical (unpaired) electrons. The lowest BCUT2D eigenvalue weighted by molar-refractivity contribution is 0.418. The molecular formula is C20H26N4. The Morgan fingerprint density at radius 2 is 1.92 bits per heavy atom. The normalized spacial score (nSPS) is 22.2. The number of hydrogen-bond donors (Lipinski definition) is 3. The molecule has 2 aliphatic heterocycles. The Bertz CT molecular complexity index is 681. The van der Waals surface area contributed by atoms with Crippen LogP contribution in [-0.4, -0.2) is 30.5 Å². The molecule has 3 N–H and O–H groups in total. The van der Waals surface area contributed by atoms with Crippen molar-refractivity contribution in [2.24, 2.45) is 4.99 Å². The second-order valence-corrected chi connectivity index (χ2v) is 6.39. The van der Waals surface area contributed by atoms with Crippen LogP contribution in [0.3, 0.4) is 0 Å². The Morgan fingerprint density at radius 3 is 2.58 bits per heavy atom. The summed E-state index contributed by atoms with van der Waals surface area (Å²) in [5.74, 6) is 1.02. The van der Waals surface area contributed by atoms with Crippen LogP contribution in [-0.2, 0) is 0 Å². The summed E-state index contributed by atoms with van der Waals surface area (Å²) < 4.78 is 0. The summed E-state index contributed by atoms with van der Waals surface area (Å²) in [4.78, 5) is 5.03. The van der Waals surface area contributed by atoms with Crippen molar-refractivity contribution in [3.05, 3.63) is 61.2 Å². The van der Waals surface area contributed by atoms with Crippen LogP contribution in [0.1, 0.15) is 19.8 Å². The predicted molar refractivity (Wildman–Crippen MR) is 104 cm³/mol. The summed E-state index contributed by atoms with van der Waals surface area (Å²) in [7, 11) is 0. The number of benzene rings is 1. The van der Waals surface area contributed by atoms with Gasteiger partial charge in [0.1, 0.15) is 5.84 Å². The van der Waals surface area contributed by atoms with Gasteiger partial charge in [-0.05, 0) is 50.6 Å². The Kier molecular flexibility index (Phi) is 4.86. The van der Waals surface area contributed by atoms with Gasteiger partial charge in [-0.1, -0.05) is 43.5 Å². The Balaban J connectivity index is 1.99. The van der Waals surface area contributed by atoms with Crippen molar-refractivity contribution in [2.75, 3.05) is 23.7 Å². The first-order chi connectivity index (χ1) is 11.7. The highest BCUT2D eigenvalue weighted by Gasteiger charge is 2.41. The highest BCUT2D eigenvalue weighted by Crippen LogP contribution is 2.36. The molecule has 2 aliphatic rings. The van der Waals surface area contributed by atoms with Crippen LogP contribution in [0.4, 0.5) is 11.4 Å². The maximum Gasteiger partial charge on any atom is 0.127 e. The summed E-state index contributed by atoms with van der Waals surface area (Å²) in [6.07, 6.45) is 7.63. The van der Waals surface area contributed by atoms with Crippen molar-refractivity contribution in [3.8, 4) is 0 Å². The minimum atomic E-state index is -0.131. The zero-order valence-corrected chi connectivity index (χ0v) is 14.3. The summed E-state index contributed by atoms with van der Waals surface area (Å²) in [6.45, 7) is 11.8. The zero-order valence-electron chi connectivity index (χ0n) is 14.3. The standard InChI is InChI=1S/C20H26N4/c1-4-8-16(5-2)15(3)22-19-20(11-13-21-14-12-20)24-18-10-7-6-9-17(18)23-19/h4-10,15,21,24H,1-2,11-14H2,3H3,(H,22,23)/b16-8+. The fourth-order valence-corrected chi connectivity index (χ4v) is 3.42. The van der Waals surface area contributed by atoms with E-state index in [1.807, 2.05) is 18.2 Å². The van der Waals surface area contributed by atoms with Crippen LogP contribution in [0, 0.1) is 0 Å². The smallest absolute Gasteiger partial charge is 0.127 e. The van der Waals surface area contributed by atoms with Crippen LogP contribution in [0.5, 0.6) is 0 Å². The number of hydrogen-bond acceptors (Lipinski definition) is 3. The van der Waals surface area contributed by atoms with Gasteiger partial charge in [0.2, 0.25) is 0 Å². The molecular weight excluding hydrogens is 296 g/mol. The fraction of sp³-hybridized carbons (Fsp3) is 0.350. The molecule has 126 valence electrons. The lowest BCUT2D eigenvalue weighted by atomic mass is 9.84. The zero-order chi connectivity index (χ0) is 17.0. The van der Waals surface area contributed by atoms with Crippen LogP contribution in [0.25, 0.3) is 0 Å². The molecule has 2 heterocycles. The first-order valence-corrected chi connectivity index (χ1v) is 8.57. The number of nitrogens with one attached hydrogen (secondary N) is 3. The third kappa shape index (κ3) is 3.15. The van der Waals surface area contributed by atoms with Gasteiger partial charge in [-0.15, -0.1) is 0 Å². The molecule has 24 heavy (non-hydrogen) atoms. The van der Waals surface area contributed by atoms with Gasteiger partial charge >= 0.3 is 0 Å². The number of rotatable bonds is 4. The van der Waals surface area contributed by atoms with Crippen molar-refractivity contribution in [2.45, 2.75) is 31.3 Å². The van der Waals surface area contributed by atoms with Gasteiger partial charge in [0, 0.05) is 0 Å². The Hall–Kier alpha value is -2.33. The number of anilines is 2. The van der Waals surface area contributed by atoms with E-state index in [2.05, 4.69) is 54.2 Å². The Morgan fingerprint density at radius 1 is 1.21 bits per heavy atom. The van der Waals surface area contributed by atoms with Crippen LogP contribution in [0.2, 0.25) is 0 Å². The molecule has 1 fully saturated rings. The van der Waals surface area contributed by atoms with Crippen molar-refractivity contribution < 1.29 is 0 Å². The summed E-state index contributed by atoms with van der Waals surface area (Å²) >= 11 is 0. The van der Waals surface area contributed by atoms with Crippen molar-refractivity contribution >= 4 is 17.2 Å². The molecule has 1 unspecified atom stereocenters. The number of allylic oxidation sites excluding steroid dienone is 2. The van der Waals surface area contributed by atoms with E-state index in [-0.39, 0.29) is 11.6 Å². The maximum absolute atomic E-state index is 5.03. The first-order valence-electron chi connectivity index (χ1n) is 8.57. The largest absolute Gasteiger partial charge is 0.371 e. The van der Waals surface area contributed by atoms with E-state index in [4.69, 9.17) is 4.99 Å². The number of nitrogens with zero attached hydrogens (tertiary/aromatic N) is 1. The molecule has 4 heteroatoms. The number of para-hydroxylation sites is 2. The number of fused-ring (bicyclic) bond motifs is 1. The highest BCUT2D eigenvalue weighted by molar-refractivity contribution is 6.09. The molecule has 0 aromatic heterocycles. The lowest BCUT2D eigenvalue weighted by Crippen LogP contribution is -2.58. The summed E-state index contributed by atoms with van der Waals surface area (Å²) in [5.41, 5.74) is 3.17. The average Bonchev–Trinajstić information content (AvgIpc) is 2.61. The third-order valence-corrected chi connectivity index (χ3v) is 4.82. The van der Waals surface area contributed by atoms with E-state index in [0.717, 1.165) is 48.7 Å². The lowest BCUT2D eigenvalue weighted by Gasteiger charge is -2.44. The van der Waals surface area contributed by atoms with Gasteiger partial charge in [0.05, 0.1) is 23.0 Å². The summed E-state index contributed by atoms with van der Waals surface area (Å²) in [6, 6.07) is 8.35. The van der Waals surface area contributed by atoms with Crippen molar-refractivity contribution in [1.29, 1.82) is 0 Å². The number of amidine groups is 1. The SMILES string of the molecule is C=C/C=C(\C=C)C(C)N=C1Nc2ccccc2NC12CCNCC2. The van der Waals surface area contributed by atoms with E-state index < -0.39 is 0 Å². The summed E-state index contributed by atoms with van der Waals surface area (Å²) in [5, 5.41) is 10.8. The van der Waals surface area contributed by atoms with Gasteiger partial charge in [0.25, 0.3) is 0 Å². The van der Waals surface area contributed by atoms with E-state index in [0.29, 0.717) is 0 Å². The van der Waals surface area contributed by atoms with Gasteiger partial charge in [-0.2, -0.15) is 0 Å². The molecule has 0 saturated carbocycles. The van der Waals surface area contributed by atoms with Crippen LogP contribution >= 0.6 is 0 Å². The molecule has 4 nitrogen and oxygen atoms in total. The van der Waals surface area contributed by atoms with Crippen LogP contribution < -0.4 is 16.0 Å². The van der Waals surface area contributed by atoms with Gasteiger partial charge < -0.3 is 16.0 Å². The second kappa shape index (κ2) is 7.05. The Labute approximate surface area is 144 Å². The fourth-order valence-electron chi connectivity index (χ4n) is 3.42. The monoisotopic (exact) mass is 322 g/mol. The predicted octanol–water partition coefficient (Wildman–Crippen LogP) is 3.73. The van der Waals surface area contributed by atoms with E-state index in [1.165, 1.54) is 0 Å². The molecule has 0 bridgehead atoms. The number of aliphatic imine (C=N–C) groups is 1. The topological polar surface area (TPSA) is 48.5 Å². The highest BCUT2D eigenvalue weighted by atomic mass is 15.2. The molecule has 1 aromatic carbocycles. The molecule has 0 aliphatic carbocycles. The number of piperidine rings is 1. The van der Waals surface area contributed by atoms with Gasteiger partial charge in [0.15, 0.2) is 0 Å². The van der Waals surface area contributed by atoms with E-state index in [1.54, 1.807) is 6.08 Å². The molecule has 0 amide bonds. The average molecular weight is 322 g/mol. The molecule has 1 saturated heterocycles. The van der Waals surface area contributed by atoms with Gasteiger partial charge in [-0.25, -0.2) is 0 Å². The molecule has 3 rings (SSSR count). The van der Waals surface area contributed by atoms with Crippen molar-refractivity contribution in [3.63, 3.8) is 0 Å². The maximum atomic E-state index is 5.03. The quantitative estimate of drug-likeness (QED) is 0.740. The molecule has 1 spiro atoms. The van der Waals surface area contributed by atoms with Crippen LogP contribution in [0.15, 0.2) is 66.2 Å². The minimum Gasteiger partial charge on any atom is -0.371 e. The third-order valence-electron chi connectivity index (χ3n) is 4.82. The van der Waals surface area contributed by atoms with E-state index in [9.17, 15) is 0 Å². The first kappa shape index (κ1) is 16.5. The van der Waals surface area contributed by atoms with E-state index >= 15 is 0 Å².